The van der Waals surface area contributed by atoms with Crippen LogP contribution in [0.2, 0.25) is 0 Å². The molecule has 3 N–H and O–H groups in total. The normalized spacial score (nSPS) is 31.9. The van der Waals surface area contributed by atoms with Crippen LogP contribution >= 0.6 is 15.9 Å². The molecule has 16 heavy (non-hydrogen) atoms. The minimum Gasteiger partial charge on any atom is -0.465 e. The number of halogens is 1. The van der Waals surface area contributed by atoms with Crippen molar-refractivity contribution in [2.24, 2.45) is 17.1 Å². The first kappa shape index (κ1) is 12.1. The van der Waals surface area contributed by atoms with E-state index in [1.54, 1.807) is 12.3 Å². The van der Waals surface area contributed by atoms with Crippen LogP contribution in [0.5, 0.6) is 0 Å². The molecular formula is C12H18BrNO2. The van der Waals surface area contributed by atoms with Crippen molar-refractivity contribution in [3.63, 3.8) is 0 Å². The topological polar surface area (TPSA) is 59.4 Å². The van der Waals surface area contributed by atoms with E-state index < -0.39 is 6.10 Å². The van der Waals surface area contributed by atoms with Crippen LogP contribution in [-0.2, 0) is 0 Å². The third-order valence-corrected chi connectivity index (χ3v) is 4.42. The average molecular weight is 288 g/mol. The van der Waals surface area contributed by atoms with E-state index in [0.29, 0.717) is 18.2 Å². The maximum absolute atomic E-state index is 10.5. The van der Waals surface area contributed by atoms with Gasteiger partial charge >= 0.3 is 0 Å². The summed E-state index contributed by atoms with van der Waals surface area (Å²) < 4.78 is 6.17. The Kier molecular flexibility index (Phi) is 3.42. The molecular weight excluding hydrogens is 270 g/mol. The van der Waals surface area contributed by atoms with Gasteiger partial charge < -0.3 is 15.3 Å². The van der Waals surface area contributed by atoms with Crippen LogP contribution in [0.4, 0.5) is 0 Å². The number of aliphatic hydroxyl groups is 1. The highest BCUT2D eigenvalue weighted by Gasteiger charge is 2.44. The molecule has 3 atom stereocenters. The van der Waals surface area contributed by atoms with Gasteiger partial charge in [-0.05, 0) is 40.8 Å². The highest BCUT2D eigenvalue weighted by Crippen LogP contribution is 2.50. The maximum atomic E-state index is 10.5. The van der Waals surface area contributed by atoms with Crippen LogP contribution in [0.3, 0.4) is 0 Å². The summed E-state index contributed by atoms with van der Waals surface area (Å²) in [5, 5.41) is 10.5. The third kappa shape index (κ3) is 1.94. The Bertz CT molecular complexity index is 366. The first-order chi connectivity index (χ1) is 7.59. The van der Waals surface area contributed by atoms with Gasteiger partial charge in [0.2, 0.25) is 0 Å². The molecule has 0 bridgehead atoms. The van der Waals surface area contributed by atoms with Crippen LogP contribution < -0.4 is 5.73 Å². The van der Waals surface area contributed by atoms with Gasteiger partial charge in [-0.25, -0.2) is 0 Å². The van der Waals surface area contributed by atoms with E-state index in [0.717, 1.165) is 23.7 Å². The molecule has 1 aliphatic carbocycles. The summed E-state index contributed by atoms with van der Waals surface area (Å²) in [5.74, 6) is 1.24. The van der Waals surface area contributed by atoms with Crippen molar-refractivity contribution in [3.8, 4) is 0 Å². The van der Waals surface area contributed by atoms with Crippen LogP contribution in [0.25, 0.3) is 0 Å². The Balaban J connectivity index is 2.26. The van der Waals surface area contributed by atoms with Crippen LogP contribution in [-0.4, -0.2) is 11.7 Å². The van der Waals surface area contributed by atoms with Gasteiger partial charge in [-0.15, -0.1) is 0 Å². The molecule has 1 aromatic rings. The Morgan fingerprint density at radius 1 is 1.75 bits per heavy atom. The van der Waals surface area contributed by atoms with E-state index in [-0.39, 0.29) is 5.41 Å². The largest absolute Gasteiger partial charge is 0.465 e. The van der Waals surface area contributed by atoms with Crippen LogP contribution in [0.1, 0.15) is 38.1 Å². The Labute approximate surface area is 104 Å². The average Bonchev–Trinajstić information content (AvgIpc) is 2.84. The zero-order chi connectivity index (χ0) is 11.8. The Hall–Kier alpha value is -0.320. The van der Waals surface area contributed by atoms with Gasteiger partial charge in [-0.3, -0.25) is 0 Å². The number of hydrogen-bond acceptors (Lipinski definition) is 3. The second-order valence-corrected chi connectivity index (χ2v) is 5.80. The van der Waals surface area contributed by atoms with Gasteiger partial charge in [-0.1, -0.05) is 13.3 Å². The molecule has 0 aromatic carbocycles. The molecule has 0 spiro atoms. The molecule has 0 aliphatic heterocycles. The zero-order valence-corrected chi connectivity index (χ0v) is 11.0. The fourth-order valence-corrected chi connectivity index (χ4v) is 3.17. The summed E-state index contributed by atoms with van der Waals surface area (Å²) >= 11 is 3.39. The van der Waals surface area contributed by atoms with E-state index in [1.165, 1.54) is 0 Å². The molecule has 0 amide bonds. The van der Waals surface area contributed by atoms with E-state index in [9.17, 15) is 5.11 Å². The lowest BCUT2D eigenvalue weighted by Gasteiger charge is -2.32. The summed E-state index contributed by atoms with van der Waals surface area (Å²) in [4.78, 5) is 0. The van der Waals surface area contributed by atoms with E-state index in [4.69, 9.17) is 10.2 Å². The van der Waals surface area contributed by atoms with Crippen LogP contribution in [0.15, 0.2) is 21.2 Å². The molecule has 1 aliphatic rings. The van der Waals surface area contributed by atoms with Gasteiger partial charge in [0.15, 0.2) is 0 Å². The van der Waals surface area contributed by atoms with Crippen LogP contribution in [0, 0.1) is 11.3 Å². The molecule has 0 saturated heterocycles. The Morgan fingerprint density at radius 3 is 2.94 bits per heavy atom. The fourth-order valence-electron chi connectivity index (χ4n) is 2.76. The van der Waals surface area contributed by atoms with Crippen molar-refractivity contribution in [3.05, 3.63) is 22.6 Å². The maximum Gasteiger partial charge on any atom is 0.147 e. The zero-order valence-electron chi connectivity index (χ0n) is 9.45. The van der Waals surface area contributed by atoms with Crippen molar-refractivity contribution < 1.29 is 9.52 Å². The van der Waals surface area contributed by atoms with Crippen molar-refractivity contribution in [1.29, 1.82) is 0 Å². The van der Waals surface area contributed by atoms with Gasteiger partial charge in [0, 0.05) is 12.0 Å². The number of furan rings is 1. The summed E-state index contributed by atoms with van der Waals surface area (Å²) in [6.45, 7) is 2.72. The first-order valence-corrected chi connectivity index (χ1v) is 6.49. The van der Waals surface area contributed by atoms with Crippen molar-refractivity contribution >= 4 is 15.9 Å². The predicted octanol–water partition coefficient (Wildman–Crippen LogP) is 2.84. The molecule has 0 radical (unpaired) electrons. The number of nitrogens with two attached hydrogens (primary N) is 1. The highest BCUT2D eigenvalue weighted by atomic mass is 79.9. The standard InChI is InChI=1S/C12H18BrNO2/c1-8-2-4-12(6-8,7-14)11(15)10-9(13)3-5-16-10/h3,5,8,11,15H,2,4,6-7,14H2,1H3. The highest BCUT2D eigenvalue weighted by molar-refractivity contribution is 9.10. The molecule has 1 heterocycles. The van der Waals surface area contributed by atoms with Crippen molar-refractivity contribution in [1.82, 2.24) is 0 Å². The fraction of sp³-hybridized carbons (Fsp3) is 0.667. The molecule has 90 valence electrons. The molecule has 4 heteroatoms. The minimum atomic E-state index is -0.605. The van der Waals surface area contributed by atoms with Crippen molar-refractivity contribution in [2.75, 3.05) is 6.54 Å². The van der Waals surface area contributed by atoms with Gasteiger partial charge in [0.25, 0.3) is 0 Å². The first-order valence-electron chi connectivity index (χ1n) is 5.70. The van der Waals surface area contributed by atoms with E-state index >= 15 is 0 Å². The summed E-state index contributed by atoms with van der Waals surface area (Å²) in [6.07, 6.45) is 4.06. The quantitative estimate of drug-likeness (QED) is 0.899. The van der Waals surface area contributed by atoms with Gasteiger partial charge in [-0.2, -0.15) is 0 Å². The summed E-state index contributed by atoms with van der Waals surface area (Å²) in [5.41, 5.74) is 5.66. The van der Waals surface area contributed by atoms with Gasteiger partial charge in [0.1, 0.15) is 11.9 Å². The monoisotopic (exact) mass is 287 g/mol. The Morgan fingerprint density at radius 2 is 2.50 bits per heavy atom. The third-order valence-electron chi connectivity index (χ3n) is 3.77. The minimum absolute atomic E-state index is 0.209. The van der Waals surface area contributed by atoms with E-state index in [2.05, 4.69) is 22.9 Å². The predicted molar refractivity (Wildman–Crippen MR) is 65.9 cm³/mol. The summed E-state index contributed by atoms with van der Waals surface area (Å²) in [7, 11) is 0. The SMILES string of the molecule is CC1CCC(CN)(C(O)c2occc2Br)C1. The van der Waals surface area contributed by atoms with E-state index in [1.807, 2.05) is 0 Å². The molecule has 1 fully saturated rings. The lowest BCUT2D eigenvalue weighted by molar-refractivity contribution is 0.0136. The number of aliphatic hydroxyl groups excluding tert-OH is 1. The molecule has 1 saturated carbocycles. The molecule has 3 unspecified atom stereocenters. The lowest BCUT2D eigenvalue weighted by Crippen LogP contribution is -2.34. The summed E-state index contributed by atoms with van der Waals surface area (Å²) in [6, 6.07) is 1.81. The lowest BCUT2D eigenvalue weighted by atomic mass is 9.78. The number of rotatable bonds is 3. The molecule has 2 rings (SSSR count). The molecule has 3 nitrogen and oxygen atoms in total. The van der Waals surface area contributed by atoms with Crippen molar-refractivity contribution in [2.45, 2.75) is 32.3 Å². The second-order valence-electron chi connectivity index (χ2n) is 4.95. The smallest absolute Gasteiger partial charge is 0.147 e. The molecule has 1 aromatic heterocycles. The van der Waals surface area contributed by atoms with Gasteiger partial charge in [0.05, 0.1) is 10.7 Å². The second kappa shape index (κ2) is 4.51. The number of hydrogen-bond donors (Lipinski definition) is 2.